The second kappa shape index (κ2) is 7.97. The van der Waals surface area contributed by atoms with Crippen molar-refractivity contribution in [1.82, 2.24) is 5.32 Å². The summed E-state index contributed by atoms with van der Waals surface area (Å²) in [5.74, 6) is -0.884. The van der Waals surface area contributed by atoms with Crippen molar-refractivity contribution in [2.45, 2.75) is 19.8 Å². The minimum Gasteiger partial charge on any atom is -0.478 e. The van der Waals surface area contributed by atoms with Crippen LogP contribution in [0.3, 0.4) is 0 Å². The number of ether oxygens (including phenoxy) is 2. The van der Waals surface area contributed by atoms with Gasteiger partial charge in [0, 0.05) is 0 Å². The second-order valence-electron chi connectivity index (χ2n) is 3.76. The van der Waals surface area contributed by atoms with Gasteiger partial charge in [-0.2, -0.15) is 0 Å². The van der Waals surface area contributed by atoms with Gasteiger partial charge in [0.1, 0.15) is 11.3 Å². The first-order valence-electron chi connectivity index (χ1n) is 6.01. The molecule has 0 heterocycles. The van der Waals surface area contributed by atoms with E-state index in [1.54, 1.807) is 12.1 Å². The van der Waals surface area contributed by atoms with Gasteiger partial charge in [0.2, 0.25) is 0 Å². The molecule has 0 radical (unpaired) electrons. The lowest BCUT2D eigenvalue weighted by atomic mass is 10.2. The number of nitrogens with one attached hydrogen (secondary N) is 1. The van der Waals surface area contributed by atoms with Gasteiger partial charge in [-0.1, -0.05) is 25.5 Å². The molecule has 0 aliphatic carbocycles. The van der Waals surface area contributed by atoms with Crippen molar-refractivity contribution in [3.63, 3.8) is 0 Å². The normalized spacial score (nSPS) is 9.74. The Morgan fingerprint density at radius 2 is 2.05 bits per heavy atom. The maximum Gasteiger partial charge on any atom is 0.409 e. The van der Waals surface area contributed by atoms with E-state index < -0.39 is 12.1 Å². The Bertz CT molecular complexity index is 433. The van der Waals surface area contributed by atoms with Crippen LogP contribution in [0, 0.1) is 0 Å². The van der Waals surface area contributed by atoms with Crippen LogP contribution in [-0.2, 0) is 4.74 Å². The van der Waals surface area contributed by atoms with Crippen LogP contribution in [0.5, 0.6) is 5.75 Å². The average Bonchev–Trinajstić information content (AvgIpc) is 2.39. The van der Waals surface area contributed by atoms with Crippen LogP contribution in [0.2, 0.25) is 0 Å². The maximum atomic E-state index is 11.2. The van der Waals surface area contributed by atoms with Gasteiger partial charge >= 0.3 is 12.1 Å². The smallest absolute Gasteiger partial charge is 0.409 e. The fourth-order valence-corrected chi connectivity index (χ4v) is 1.30. The molecule has 0 unspecified atom stereocenters. The third-order valence-electron chi connectivity index (χ3n) is 2.29. The number of carboxylic acid groups (broad SMARTS) is 1. The minimum atomic E-state index is -1.08. The Kier molecular flexibility index (Phi) is 6.21. The van der Waals surface area contributed by atoms with Crippen molar-refractivity contribution in [2.24, 2.45) is 0 Å². The Hall–Kier alpha value is -2.24. The molecule has 0 aliphatic heterocycles. The minimum absolute atomic E-state index is 0.0450. The molecule has 0 aliphatic rings. The summed E-state index contributed by atoms with van der Waals surface area (Å²) in [4.78, 5) is 22.1. The van der Waals surface area contributed by atoms with E-state index in [-0.39, 0.29) is 18.0 Å². The SMILES string of the molecule is CCCCOC(=O)NCOc1ccccc1C(=O)O. The van der Waals surface area contributed by atoms with E-state index in [1.165, 1.54) is 12.1 Å². The zero-order valence-corrected chi connectivity index (χ0v) is 10.7. The van der Waals surface area contributed by atoms with Crippen LogP contribution in [0.15, 0.2) is 24.3 Å². The maximum absolute atomic E-state index is 11.2. The Morgan fingerprint density at radius 3 is 2.74 bits per heavy atom. The number of carboxylic acids is 1. The van der Waals surface area contributed by atoms with Crippen molar-refractivity contribution in [1.29, 1.82) is 0 Å². The van der Waals surface area contributed by atoms with Gasteiger partial charge < -0.3 is 14.6 Å². The van der Waals surface area contributed by atoms with E-state index in [1.807, 2.05) is 6.92 Å². The van der Waals surface area contributed by atoms with Crippen molar-refractivity contribution in [3.8, 4) is 5.75 Å². The predicted molar refractivity (Wildman–Crippen MR) is 68.3 cm³/mol. The lowest BCUT2D eigenvalue weighted by Crippen LogP contribution is -2.29. The highest BCUT2D eigenvalue weighted by atomic mass is 16.6. The number of amides is 1. The van der Waals surface area contributed by atoms with Gasteiger partial charge in [-0.05, 0) is 18.6 Å². The molecular weight excluding hydrogens is 250 g/mol. The summed E-state index contributed by atoms with van der Waals surface area (Å²) in [6.07, 6.45) is 1.16. The Labute approximate surface area is 111 Å². The van der Waals surface area contributed by atoms with E-state index in [2.05, 4.69) is 5.32 Å². The number of aromatic carboxylic acids is 1. The van der Waals surface area contributed by atoms with E-state index >= 15 is 0 Å². The molecule has 0 spiro atoms. The summed E-state index contributed by atoms with van der Waals surface area (Å²) < 4.78 is 10.0. The number of benzene rings is 1. The molecule has 0 bridgehead atoms. The molecule has 0 saturated carbocycles. The van der Waals surface area contributed by atoms with Gasteiger partial charge in [0.05, 0.1) is 6.61 Å². The molecule has 19 heavy (non-hydrogen) atoms. The lowest BCUT2D eigenvalue weighted by Gasteiger charge is -2.10. The van der Waals surface area contributed by atoms with E-state index in [0.29, 0.717) is 6.61 Å². The third kappa shape index (κ3) is 5.29. The molecule has 1 aromatic rings. The quantitative estimate of drug-likeness (QED) is 0.584. The highest BCUT2D eigenvalue weighted by Gasteiger charge is 2.10. The van der Waals surface area contributed by atoms with Gasteiger partial charge in [-0.15, -0.1) is 0 Å². The first-order chi connectivity index (χ1) is 9.15. The van der Waals surface area contributed by atoms with Gasteiger partial charge in [-0.25, -0.2) is 9.59 Å². The fourth-order valence-electron chi connectivity index (χ4n) is 1.30. The van der Waals surface area contributed by atoms with Crippen LogP contribution in [-0.4, -0.2) is 30.5 Å². The summed E-state index contributed by atoms with van der Waals surface area (Å²) in [7, 11) is 0. The number of hydrogen-bond donors (Lipinski definition) is 2. The molecule has 1 aromatic carbocycles. The summed E-state index contributed by atoms with van der Waals surface area (Å²) in [5, 5.41) is 11.3. The summed E-state index contributed by atoms with van der Waals surface area (Å²) >= 11 is 0. The van der Waals surface area contributed by atoms with Gasteiger partial charge in [-0.3, -0.25) is 5.32 Å². The molecule has 1 amide bonds. The molecule has 2 N–H and O–H groups in total. The van der Waals surface area contributed by atoms with E-state index in [0.717, 1.165) is 12.8 Å². The highest BCUT2D eigenvalue weighted by molar-refractivity contribution is 5.90. The molecule has 0 saturated heterocycles. The van der Waals surface area contributed by atoms with Crippen molar-refractivity contribution in [3.05, 3.63) is 29.8 Å². The number of carbonyl (C=O) groups excluding carboxylic acids is 1. The first-order valence-corrected chi connectivity index (χ1v) is 6.01. The number of hydrogen-bond acceptors (Lipinski definition) is 4. The lowest BCUT2D eigenvalue weighted by molar-refractivity contribution is 0.0692. The molecular formula is C13H17NO5. The molecule has 0 aromatic heterocycles. The van der Waals surface area contributed by atoms with Gasteiger partial charge in [0.15, 0.2) is 6.73 Å². The summed E-state index contributed by atoms with van der Waals surface area (Å²) in [6, 6.07) is 6.20. The molecule has 0 atom stereocenters. The number of rotatable bonds is 7. The Balaban J connectivity index is 2.37. The topological polar surface area (TPSA) is 84.9 Å². The van der Waals surface area contributed by atoms with Crippen molar-refractivity contribution >= 4 is 12.1 Å². The van der Waals surface area contributed by atoms with Crippen LogP contribution in [0.25, 0.3) is 0 Å². The van der Waals surface area contributed by atoms with Crippen molar-refractivity contribution < 1.29 is 24.2 Å². The number of carbonyl (C=O) groups is 2. The molecule has 1 rings (SSSR count). The molecule has 0 fully saturated rings. The van der Waals surface area contributed by atoms with E-state index in [9.17, 15) is 9.59 Å². The standard InChI is InChI=1S/C13H17NO5/c1-2-3-8-18-13(17)14-9-19-11-7-5-4-6-10(11)12(15)16/h4-7H,2-3,8-9H2,1H3,(H,14,17)(H,15,16). The van der Waals surface area contributed by atoms with Gasteiger partial charge in [0.25, 0.3) is 0 Å². The fraction of sp³-hybridized carbons (Fsp3) is 0.385. The molecule has 104 valence electrons. The molecule has 6 heteroatoms. The predicted octanol–water partition coefficient (Wildman–Crippen LogP) is 2.25. The van der Waals surface area contributed by atoms with Crippen LogP contribution in [0.4, 0.5) is 4.79 Å². The van der Waals surface area contributed by atoms with Crippen LogP contribution in [0.1, 0.15) is 30.1 Å². The highest BCUT2D eigenvalue weighted by Crippen LogP contribution is 2.17. The monoisotopic (exact) mass is 267 g/mol. The first kappa shape index (κ1) is 14.8. The number of para-hydroxylation sites is 1. The average molecular weight is 267 g/mol. The molecule has 6 nitrogen and oxygen atoms in total. The van der Waals surface area contributed by atoms with Crippen molar-refractivity contribution in [2.75, 3.05) is 13.3 Å². The van der Waals surface area contributed by atoms with Crippen LogP contribution >= 0.6 is 0 Å². The largest absolute Gasteiger partial charge is 0.478 e. The zero-order chi connectivity index (χ0) is 14.1. The van der Waals surface area contributed by atoms with E-state index in [4.69, 9.17) is 14.6 Å². The second-order valence-corrected chi connectivity index (χ2v) is 3.76. The number of unbranched alkanes of at least 4 members (excludes halogenated alkanes) is 1. The van der Waals surface area contributed by atoms with Crippen LogP contribution < -0.4 is 10.1 Å². The zero-order valence-electron chi connectivity index (χ0n) is 10.7. The summed E-state index contributed by atoms with van der Waals surface area (Å²) in [5.41, 5.74) is 0.0450. The third-order valence-corrected chi connectivity index (χ3v) is 2.29. The summed E-state index contributed by atoms with van der Waals surface area (Å²) in [6.45, 7) is 2.20. The Morgan fingerprint density at radius 1 is 1.32 bits per heavy atom. The number of alkyl carbamates (subject to hydrolysis) is 1.